The second-order valence-electron chi connectivity index (χ2n) is 4.40. The average molecular weight is 237 g/mol. The molecule has 0 bridgehead atoms. The summed E-state index contributed by atoms with van der Waals surface area (Å²) >= 11 is 0. The minimum atomic E-state index is 0.130. The fourth-order valence-corrected chi connectivity index (χ4v) is 2.15. The lowest BCUT2D eigenvalue weighted by molar-refractivity contribution is -0.126. The van der Waals surface area contributed by atoms with Crippen LogP contribution in [0.4, 0.5) is 0 Å². The van der Waals surface area contributed by atoms with Gasteiger partial charge in [-0.15, -0.1) is 11.8 Å². The Morgan fingerprint density at radius 1 is 1.59 bits per heavy atom. The van der Waals surface area contributed by atoms with Gasteiger partial charge < -0.3 is 16.0 Å². The fourth-order valence-electron chi connectivity index (χ4n) is 2.15. The molecule has 1 unspecified atom stereocenters. The maximum Gasteiger partial charge on any atom is 0.224 e. The standard InChI is InChI=1S/C13H23N3O/c1-2-3-4-9-16-10-5-6-12(11-16)13(17)15-8-7-14/h12H,4-11,14H2,1H3,(H,15,17). The molecule has 1 amide bonds. The third-order valence-corrected chi connectivity index (χ3v) is 3.05. The molecule has 17 heavy (non-hydrogen) atoms. The van der Waals surface area contributed by atoms with Gasteiger partial charge in [0.05, 0.1) is 5.92 Å². The lowest BCUT2D eigenvalue weighted by Crippen LogP contribution is -2.44. The van der Waals surface area contributed by atoms with Crippen molar-refractivity contribution in [3.63, 3.8) is 0 Å². The number of likely N-dealkylation sites (tertiary alicyclic amines) is 1. The molecule has 0 aromatic heterocycles. The lowest BCUT2D eigenvalue weighted by atomic mass is 9.97. The molecule has 3 N–H and O–H groups in total. The molecule has 0 aliphatic carbocycles. The number of hydrogen-bond acceptors (Lipinski definition) is 3. The highest BCUT2D eigenvalue weighted by Gasteiger charge is 2.24. The molecule has 1 aliphatic rings. The molecule has 96 valence electrons. The molecule has 1 aliphatic heterocycles. The Morgan fingerprint density at radius 2 is 2.41 bits per heavy atom. The third-order valence-electron chi connectivity index (χ3n) is 3.05. The van der Waals surface area contributed by atoms with Crippen molar-refractivity contribution in [1.82, 2.24) is 10.2 Å². The van der Waals surface area contributed by atoms with Crippen molar-refractivity contribution >= 4 is 5.91 Å². The monoisotopic (exact) mass is 237 g/mol. The van der Waals surface area contributed by atoms with Crippen LogP contribution in [-0.4, -0.2) is 43.5 Å². The van der Waals surface area contributed by atoms with Crippen molar-refractivity contribution in [3.05, 3.63) is 0 Å². The molecule has 0 spiro atoms. The van der Waals surface area contributed by atoms with Crippen LogP contribution in [0.25, 0.3) is 0 Å². The summed E-state index contributed by atoms with van der Waals surface area (Å²) in [6, 6.07) is 0. The van der Waals surface area contributed by atoms with Crippen LogP contribution in [0, 0.1) is 17.8 Å². The number of nitrogens with zero attached hydrogens (tertiary/aromatic N) is 1. The first-order valence-electron chi connectivity index (χ1n) is 6.37. The van der Waals surface area contributed by atoms with Crippen LogP contribution in [0.5, 0.6) is 0 Å². The Hall–Kier alpha value is -1.05. The zero-order valence-electron chi connectivity index (χ0n) is 10.7. The maximum atomic E-state index is 11.8. The number of hydrogen-bond donors (Lipinski definition) is 2. The minimum absolute atomic E-state index is 0.130. The van der Waals surface area contributed by atoms with Gasteiger partial charge in [-0.3, -0.25) is 4.79 Å². The molecule has 0 saturated carbocycles. The first-order valence-corrected chi connectivity index (χ1v) is 6.37. The molecular formula is C13H23N3O. The molecular weight excluding hydrogens is 214 g/mol. The van der Waals surface area contributed by atoms with Gasteiger partial charge in [-0.1, -0.05) is 0 Å². The van der Waals surface area contributed by atoms with E-state index in [9.17, 15) is 4.79 Å². The van der Waals surface area contributed by atoms with Gasteiger partial charge in [0.2, 0.25) is 5.91 Å². The van der Waals surface area contributed by atoms with Crippen LogP contribution in [0.15, 0.2) is 0 Å². The summed E-state index contributed by atoms with van der Waals surface area (Å²) < 4.78 is 0. The average Bonchev–Trinajstić information content (AvgIpc) is 2.36. The smallest absolute Gasteiger partial charge is 0.224 e. The summed E-state index contributed by atoms with van der Waals surface area (Å²) in [5.41, 5.74) is 5.37. The molecule has 1 heterocycles. The van der Waals surface area contributed by atoms with E-state index in [0.717, 1.165) is 38.9 Å². The predicted octanol–water partition coefficient (Wildman–Crippen LogP) is 0.187. The van der Waals surface area contributed by atoms with Gasteiger partial charge in [-0.05, 0) is 26.3 Å². The normalized spacial score (nSPS) is 20.5. The van der Waals surface area contributed by atoms with E-state index >= 15 is 0 Å². The van der Waals surface area contributed by atoms with Crippen LogP contribution in [0.2, 0.25) is 0 Å². The molecule has 1 rings (SSSR count). The van der Waals surface area contributed by atoms with E-state index in [-0.39, 0.29) is 11.8 Å². The van der Waals surface area contributed by atoms with Crippen LogP contribution < -0.4 is 11.1 Å². The SMILES string of the molecule is CC#CCCN1CCCC(C(=O)NCCN)C1. The summed E-state index contributed by atoms with van der Waals surface area (Å²) in [6.45, 7) is 5.87. The highest BCUT2D eigenvalue weighted by molar-refractivity contribution is 5.78. The van der Waals surface area contributed by atoms with Crippen molar-refractivity contribution in [1.29, 1.82) is 0 Å². The van der Waals surface area contributed by atoms with Gasteiger partial charge in [0.1, 0.15) is 0 Å². The van der Waals surface area contributed by atoms with Crippen LogP contribution >= 0.6 is 0 Å². The van der Waals surface area contributed by atoms with Crippen molar-refractivity contribution < 1.29 is 4.79 Å². The molecule has 0 aromatic carbocycles. The van der Waals surface area contributed by atoms with Gasteiger partial charge >= 0.3 is 0 Å². The van der Waals surface area contributed by atoms with Crippen LogP contribution in [0.3, 0.4) is 0 Å². The number of nitrogens with two attached hydrogens (primary N) is 1. The minimum Gasteiger partial charge on any atom is -0.355 e. The first-order chi connectivity index (χ1) is 8.27. The zero-order chi connectivity index (χ0) is 12.5. The topological polar surface area (TPSA) is 58.4 Å². The second-order valence-corrected chi connectivity index (χ2v) is 4.40. The third kappa shape index (κ3) is 5.20. The highest BCUT2D eigenvalue weighted by Crippen LogP contribution is 2.16. The quantitative estimate of drug-likeness (QED) is 0.671. The Balaban J connectivity index is 2.31. The van der Waals surface area contributed by atoms with Gasteiger partial charge in [0, 0.05) is 32.6 Å². The fraction of sp³-hybridized carbons (Fsp3) is 0.769. The Bertz CT molecular complexity index is 293. The second kappa shape index (κ2) is 8.10. The zero-order valence-corrected chi connectivity index (χ0v) is 10.7. The summed E-state index contributed by atoms with van der Waals surface area (Å²) in [6.07, 6.45) is 2.99. The lowest BCUT2D eigenvalue weighted by Gasteiger charge is -2.31. The van der Waals surface area contributed by atoms with Crippen molar-refractivity contribution in [2.24, 2.45) is 11.7 Å². The van der Waals surface area contributed by atoms with E-state index in [1.165, 1.54) is 0 Å². The van der Waals surface area contributed by atoms with Gasteiger partial charge in [-0.25, -0.2) is 0 Å². The molecule has 4 nitrogen and oxygen atoms in total. The molecule has 1 fully saturated rings. The van der Waals surface area contributed by atoms with Crippen LogP contribution in [0.1, 0.15) is 26.2 Å². The van der Waals surface area contributed by atoms with Gasteiger partial charge in [0.25, 0.3) is 0 Å². The molecule has 0 aromatic rings. The largest absolute Gasteiger partial charge is 0.355 e. The molecule has 0 radical (unpaired) electrons. The summed E-state index contributed by atoms with van der Waals surface area (Å²) in [5.74, 6) is 6.25. The maximum absolute atomic E-state index is 11.8. The van der Waals surface area contributed by atoms with E-state index in [1.54, 1.807) is 0 Å². The Labute approximate surface area is 104 Å². The first kappa shape index (κ1) is 14.0. The van der Waals surface area contributed by atoms with Crippen LogP contribution in [-0.2, 0) is 4.79 Å². The molecule has 4 heteroatoms. The van der Waals surface area contributed by atoms with Crippen molar-refractivity contribution in [3.8, 4) is 11.8 Å². The predicted molar refractivity (Wildman–Crippen MR) is 69.3 cm³/mol. The van der Waals surface area contributed by atoms with E-state index in [2.05, 4.69) is 22.1 Å². The van der Waals surface area contributed by atoms with E-state index in [0.29, 0.717) is 13.1 Å². The van der Waals surface area contributed by atoms with E-state index < -0.39 is 0 Å². The number of nitrogens with one attached hydrogen (secondary N) is 1. The number of piperidine rings is 1. The molecule has 1 saturated heterocycles. The van der Waals surface area contributed by atoms with Crippen molar-refractivity contribution in [2.45, 2.75) is 26.2 Å². The Kier molecular flexibility index (Phi) is 6.68. The van der Waals surface area contributed by atoms with Gasteiger partial charge in [0.15, 0.2) is 0 Å². The highest BCUT2D eigenvalue weighted by atomic mass is 16.1. The van der Waals surface area contributed by atoms with Crippen molar-refractivity contribution in [2.75, 3.05) is 32.7 Å². The number of carbonyl (C=O) groups excluding carboxylic acids is 1. The molecule has 1 atom stereocenters. The van der Waals surface area contributed by atoms with E-state index in [4.69, 9.17) is 5.73 Å². The Morgan fingerprint density at radius 3 is 3.12 bits per heavy atom. The van der Waals surface area contributed by atoms with E-state index in [1.807, 2.05) is 6.92 Å². The summed E-state index contributed by atoms with van der Waals surface area (Å²) in [5, 5.41) is 2.87. The number of amides is 1. The summed E-state index contributed by atoms with van der Waals surface area (Å²) in [7, 11) is 0. The van der Waals surface area contributed by atoms with Gasteiger partial charge in [-0.2, -0.15) is 0 Å². The number of rotatable bonds is 5. The summed E-state index contributed by atoms with van der Waals surface area (Å²) in [4.78, 5) is 14.1. The number of carbonyl (C=O) groups is 1.